The number of hydrazine groups is 1. The SMILES string of the molecule is NNC(CSc1cccc(Br)c1)Cc1cc(F)cc(Br)c1. The first-order chi connectivity index (χ1) is 10.1. The molecule has 0 aliphatic heterocycles. The number of halogens is 3. The van der Waals surface area contributed by atoms with Crippen LogP contribution >= 0.6 is 43.6 Å². The predicted molar refractivity (Wildman–Crippen MR) is 93.8 cm³/mol. The molecule has 2 nitrogen and oxygen atoms in total. The third kappa shape index (κ3) is 5.71. The third-order valence-corrected chi connectivity index (χ3v) is 4.99. The molecule has 2 aromatic carbocycles. The van der Waals surface area contributed by atoms with E-state index in [0.29, 0.717) is 6.42 Å². The Kier molecular flexibility index (Phi) is 6.70. The van der Waals surface area contributed by atoms with Crippen LogP contribution in [0.15, 0.2) is 56.3 Å². The molecule has 1 atom stereocenters. The first-order valence-electron chi connectivity index (χ1n) is 6.36. The maximum Gasteiger partial charge on any atom is 0.124 e. The normalized spacial score (nSPS) is 12.4. The molecule has 0 spiro atoms. The van der Waals surface area contributed by atoms with Gasteiger partial charge in [0.2, 0.25) is 0 Å². The molecule has 0 bridgehead atoms. The summed E-state index contributed by atoms with van der Waals surface area (Å²) in [5, 5.41) is 0. The van der Waals surface area contributed by atoms with E-state index in [2.05, 4.69) is 49.4 Å². The van der Waals surface area contributed by atoms with Gasteiger partial charge in [0.05, 0.1) is 0 Å². The summed E-state index contributed by atoms with van der Waals surface area (Å²) < 4.78 is 15.2. The highest BCUT2D eigenvalue weighted by atomic mass is 79.9. The van der Waals surface area contributed by atoms with Crippen molar-refractivity contribution in [2.24, 2.45) is 5.84 Å². The molecule has 0 saturated heterocycles. The van der Waals surface area contributed by atoms with Crippen LogP contribution < -0.4 is 11.3 Å². The second-order valence-electron chi connectivity index (χ2n) is 4.61. The molecule has 0 aliphatic rings. The standard InChI is InChI=1S/C15H15Br2FN2S/c16-11-2-1-3-15(8-11)21-9-14(20-19)6-10-4-12(17)7-13(18)5-10/h1-5,7-8,14,20H,6,9,19H2. The Morgan fingerprint density at radius 2 is 1.95 bits per heavy atom. The van der Waals surface area contributed by atoms with Gasteiger partial charge in [-0.1, -0.05) is 37.9 Å². The molecule has 0 heterocycles. The summed E-state index contributed by atoms with van der Waals surface area (Å²) >= 11 is 8.48. The van der Waals surface area contributed by atoms with Crippen LogP contribution in [0, 0.1) is 5.82 Å². The molecule has 1 unspecified atom stereocenters. The lowest BCUT2D eigenvalue weighted by Gasteiger charge is -2.16. The van der Waals surface area contributed by atoms with E-state index in [1.807, 2.05) is 18.2 Å². The van der Waals surface area contributed by atoms with Crippen molar-refractivity contribution in [2.75, 3.05) is 5.75 Å². The van der Waals surface area contributed by atoms with E-state index >= 15 is 0 Å². The van der Waals surface area contributed by atoms with Crippen LogP contribution in [-0.4, -0.2) is 11.8 Å². The molecule has 21 heavy (non-hydrogen) atoms. The van der Waals surface area contributed by atoms with Gasteiger partial charge in [-0.2, -0.15) is 0 Å². The Bertz CT molecular complexity index is 590. The summed E-state index contributed by atoms with van der Waals surface area (Å²) in [6.45, 7) is 0. The maximum absolute atomic E-state index is 13.4. The number of hydrogen-bond donors (Lipinski definition) is 2. The van der Waals surface area contributed by atoms with Crippen LogP contribution in [-0.2, 0) is 6.42 Å². The van der Waals surface area contributed by atoms with Crippen LogP contribution in [0.2, 0.25) is 0 Å². The number of hydrogen-bond acceptors (Lipinski definition) is 3. The zero-order chi connectivity index (χ0) is 15.2. The molecule has 0 amide bonds. The molecule has 0 aliphatic carbocycles. The molecule has 0 aromatic heterocycles. The van der Waals surface area contributed by atoms with Gasteiger partial charge in [0.1, 0.15) is 5.82 Å². The molecule has 2 rings (SSSR count). The zero-order valence-corrected chi connectivity index (χ0v) is 15.1. The molecular formula is C15H15Br2FN2S. The highest BCUT2D eigenvalue weighted by molar-refractivity contribution is 9.10. The molecule has 3 N–H and O–H groups in total. The Labute approximate surface area is 144 Å². The summed E-state index contributed by atoms with van der Waals surface area (Å²) in [5.41, 5.74) is 3.72. The highest BCUT2D eigenvalue weighted by Gasteiger charge is 2.10. The largest absolute Gasteiger partial charge is 0.271 e. The Morgan fingerprint density at radius 3 is 2.62 bits per heavy atom. The Morgan fingerprint density at radius 1 is 1.14 bits per heavy atom. The fourth-order valence-electron chi connectivity index (χ4n) is 1.93. The lowest BCUT2D eigenvalue weighted by atomic mass is 10.1. The number of benzene rings is 2. The van der Waals surface area contributed by atoms with E-state index in [0.717, 1.165) is 20.3 Å². The smallest absolute Gasteiger partial charge is 0.124 e. The second kappa shape index (κ2) is 8.29. The van der Waals surface area contributed by atoms with Crippen LogP contribution in [0.25, 0.3) is 0 Å². The van der Waals surface area contributed by atoms with E-state index < -0.39 is 0 Å². The van der Waals surface area contributed by atoms with Gasteiger partial charge in [-0.05, 0) is 48.4 Å². The van der Waals surface area contributed by atoms with Crippen LogP contribution in [0.1, 0.15) is 5.56 Å². The fraction of sp³-hybridized carbons (Fsp3) is 0.200. The van der Waals surface area contributed by atoms with E-state index in [4.69, 9.17) is 5.84 Å². The van der Waals surface area contributed by atoms with Crippen molar-refractivity contribution in [3.63, 3.8) is 0 Å². The van der Waals surface area contributed by atoms with Crippen LogP contribution in [0.3, 0.4) is 0 Å². The lowest BCUT2D eigenvalue weighted by molar-refractivity contribution is 0.570. The molecular weight excluding hydrogens is 419 g/mol. The van der Waals surface area contributed by atoms with Gasteiger partial charge in [0.25, 0.3) is 0 Å². The van der Waals surface area contributed by atoms with Gasteiger partial charge >= 0.3 is 0 Å². The van der Waals surface area contributed by atoms with Crippen molar-refractivity contribution in [1.29, 1.82) is 0 Å². The first kappa shape index (κ1) is 17.0. The van der Waals surface area contributed by atoms with Gasteiger partial charge in [0.15, 0.2) is 0 Å². The van der Waals surface area contributed by atoms with Crippen LogP contribution in [0.5, 0.6) is 0 Å². The quantitative estimate of drug-likeness (QED) is 0.399. The zero-order valence-electron chi connectivity index (χ0n) is 11.2. The van der Waals surface area contributed by atoms with Gasteiger partial charge < -0.3 is 0 Å². The minimum absolute atomic E-state index is 0.0719. The second-order valence-corrected chi connectivity index (χ2v) is 7.54. The predicted octanol–water partition coefficient (Wildman–Crippen LogP) is 4.52. The molecule has 112 valence electrons. The Hall–Kier alpha value is -0.400. The van der Waals surface area contributed by atoms with Gasteiger partial charge in [-0.3, -0.25) is 11.3 Å². The lowest BCUT2D eigenvalue weighted by Crippen LogP contribution is -2.38. The monoisotopic (exact) mass is 432 g/mol. The topological polar surface area (TPSA) is 38.0 Å². The summed E-state index contributed by atoms with van der Waals surface area (Å²) in [5.74, 6) is 6.18. The van der Waals surface area contributed by atoms with Crippen molar-refractivity contribution in [3.05, 3.63) is 62.8 Å². The fourth-order valence-corrected chi connectivity index (χ4v) is 3.99. The van der Waals surface area contributed by atoms with Crippen molar-refractivity contribution in [3.8, 4) is 0 Å². The molecule has 6 heteroatoms. The van der Waals surface area contributed by atoms with E-state index in [-0.39, 0.29) is 11.9 Å². The van der Waals surface area contributed by atoms with Gasteiger partial charge in [-0.15, -0.1) is 11.8 Å². The molecule has 0 fully saturated rings. The number of thioether (sulfide) groups is 1. The van der Waals surface area contributed by atoms with Gasteiger partial charge in [0, 0.05) is 25.6 Å². The summed E-state index contributed by atoms with van der Waals surface area (Å²) in [6.07, 6.45) is 0.674. The molecule has 0 saturated carbocycles. The van der Waals surface area contributed by atoms with E-state index in [9.17, 15) is 4.39 Å². The third-order valence-electron chi connectivity index (χ3n) is 2.89. The van der Waals surface area contributed by atoms with Crippen molar-refractivity contribution < 1.29 is 4.39 Å². The van der Waals surface area contributed by atoms with Gasteiger partial charge in [-0.25, -0.2) is 4.39 Å². The minimum Gasteiger partial charge on any atom is -0.271 e. The van der Waals surface area contributed by atoms with Crippen molar-refractivity contribution in [2.45, 2.75) is 17.4 Å². The van der Waals surface area contributed by atoms with E-state index in [1.54, 1.807) is 17.8 Å². The van der Waals surface area contributed by atoms with E-state index in [1.165, 1.54) is 11.0 Å². The Balaban J connectivity index is 1.96. The van der Waals surface area contributed by atoms with Crippen molar-refractivity contribution in [1.82, 2.24) is 5.43 Å². The van der Waals surface area contributed by atoms with Crippen LogP contribution in [0.4, 0.5) is 4.39 Å². The summed E-state index contributed by atoms with van der Waals surface area (Å²) in [6, 6.07) is 13.1. The number of rotatable bonds is 6. The maximum atomic E-state index is 13.4. The number of nitrogens with one attached hydrogen (secondary N) is 1. The average Bonchev–Trinajstić information content (AvgIpc) is 2.42. The summed E-state index contributed by atoms with van der Waals surface area (Å²) in [7, 11) is 0. The molecule has 2 aromatic rings. The first-order valence-corrected chi connectivity index (χ1v) is 8.93. The highest BCUT2D eigenvalue weighted by Crippen LogP contribution is 2.23. The average molecular weight is 434 g/mol. The number of nitrogens with two attached hydrogens (primary N) is 1. The molecule has 0 radical (unpaired) electrons. The minimum atomic E-state index is -0.241. The van der Waals surface area contributed by atoms with Crippen molar-refractivity contribution >= 4 is 43.6 Å². The summed E-state index contributed by atoms with van der Waals surface area (Å²) in [4.78, 5) is 1.17.